The van der Waals surface area contributed by atoms with Crippen molar-refractivity contribution in [2.75, 3.05) is 5.73 Å². The van der Waals surface area contributed by atoms with Gasteiger partial charge in [0.15, 0.2) is 5.65 Å². The Labute approximate surface area is 244 Å². The molecule has 5 rings (SSSR count). The van der Waals surface area contributed by atoms with Crippen LogP contribution in [0.25, 0.3) is 33.5 Å². The minimum absolute atomic E-state index is 0.00647. The molecule has 1 aromatic carbocycles. The second-order valence-corrected chi connectivity index (χ2v) is 10.4. The highest BCUT2D eigenvalue weighted by Crippen LogP contribution is 2.39. The number of imidazole rings is 1. The summed E-state index contributed by atoms with van der Waals surface area (Å²) in [7, 11) is 0. The molecule has 0 aliphatic rings. The van der Waals surface area contributed by atoms with E-state index in [0.29, 0.717) is 46.0 Å². The van der Waals surface area contributed by atoms with Gasteiger partial charge in [0.2, 0.25) is 11.8 Å². The Morgan fingerprint density at radius 2 is 1.74 bits per heavy atom. The molecule has 0 radical (unpaired) electrons. The number of nitrogens with zero attached hydrogens (tertiary/aromatic N) is 6. The third-order valence-corrected chi connectivity index (χ3v) is 7.00. The lowest BCUT2D eigenvalue weighted by Gasteiger charge is -2.18. The molecule has 0 aliphatic carbocycles. The van der Waals surface area contributed by atoms with Crippen molar-refractivity contribution < 1.29 is 27.8 Å². The van der Waals surface area contributed by atoms with Gasteiger partial charge in [-0.3, -0.25) is 9.78 Å². The molecule has 0 unspecified atom stereocenters. The normalized spacial score (nSPS) is 11.8. The van der Waals surface area contributed by atoms with Crippen molar-refractivity contribution in [2.24, 2.45) is 0 Å². The van der Waals surface area contributed by atoms with Crippen LogP contribution in [-0.4, -0.2) is 40.6 Å². The average molecular weight is 592 g/mol. The summed E-state index contributed by atoms with van der Waals surface area (Å²) in [4.78, 5) is 33.6. The van der Waals surface area contributed by atoms with Crippen LogP contribution in [0.4, 0.5) is 19.1 Å². The third-order valence-electron chi connectivity index (χ3n) is 7.00. The van der Waals surface area contributed by atoms with Gasteiger partial charge in [-0.1, -0.05) is 0 Å². The van der Waals surface area contributed by atoms with Gasteiger partial charge >= 0.3 is 5.97 Å². The zero-order valence-electron chi connectivity index (χ0n) is 23.8. The first-order valence-corrected chi connectivity index (χ1v) is 13.3. The maximum Gasteiger partial charge on any atom is 0.315 e. The Morgan fingerprint density at radius 3 is 2.40 bits per heavy atom. The van der Waals surface area contributed by atoms with Crippen molar-refractivity contribution in [3.05, 3.63) is 77.3 Å². The Bertz CT molecular complexity index is 1840. The number of hydrogen-bond donors (Lipinski definition) is 2. The molecule has 5 aromatic rings. The van der Waals surface area contributed by atoms with Gasteiger partial charge in [0.25, 0.3) is 6.43 Å². The fraction of sp³-hybridized carbons (Fsp3) is 0.267. The number of halogens is 3. The summed E-state index contributed by atoms with van der Waals surface area (Å²) in [5, 5.41) is 9.67. The minimum atomic E-state index is -2.83. The van der Waals surface area contributed by atoms with Crippen molar-refractivity contribution in [1.29, 1.82) is 0 Å². The van der Waals surface area contributed by atoms with E-state index in [4.69, 9.17) is 10.5 Å². The summed E-state index contributed by atoms with van der Waals surface area (Å²) in [6.07, 6.45) is -2.83. The predicted molar refractivity (Wildman–Crippen MR) is 153 cm³/mol. The zero-order chi connectivity index (χ0) is 31.1. The van der Waals surface area contributed by atoms with Gasteiger partial charge in [0.05, 0.1) is 17.0 Å². The zero-order valence-corrected chi connectivity index (χ0v) is 23.8. The maximum absolute atomic E-state index is 13.8. The third kappa shape index (κ3) is 5.70. The second kappa shape index (κ2) is 11.3. The Hall–Kier alpha value is -5.07. The number of hydrogen-bond acceptors (Lipinski definition) is 8. The van der Waals surface area contributed by atoms with Crippen LogP contribution < -0.4 is 10.5 Å². The predicted octanol–water partition coefficient (Wildman–Crippen LogP) is 5.88. The number of alkyl halides is 2. The number of rotatable bonds is 9. The number of aromatic nitrogens is 6. The minimum Gasteiger partial charge on any atom is -0.481 e. The van der Waals surface area contributed by atoms with E-state index >= 15 is 0 Å². The smallest absolute Gasteiger partial charge is 0.315 e. The van der Waals surface area contributed by atoms with Gasteiger partial charge in [-0.15, -0.1) is 0 Å². The maximum atomic E-state index is 13.8. The van der Waals surface area contributed by atoms with Gasteiger partial charge in [0.1, 0.15) is 34.9 Å². The molecule has 0 saturated heterocycles. The summed E-state index contributed by atoms with van der Waals surface area (Å²) >= 11 is 0. The van der Waals surface area contributed by atoms with E-state index in [2.05, 4.69) is 24.9 Å². The molecule has 0 atom stereocenters. The number of carbonyl (C=O) groups is 1. The number of ether oxygens (including phenoxy) is 1. The number of aryl methyl sites for hydroxylation is 2. The lowest BCUT2D eigenvalue weighted by atomic mass is 9.89. The molecule has 0 bridgehead atoms. The number of fused-ring (bicyclic) bond motifs is 1. The quantitative estimate of drug-likeness (QED) is 0.215. The lowest BCUT2D eigenvalue weighted by molar-refractivity contribution is -0.142. The van der Waals surface area contributed by atoms with Crippen molar-refractivity contribution >= 4 is 23.1 Å². The van der Waals surface area contributed by atoms with Crippen molar-refractivity contribution in [3.8, 4) is 28.3 Å². The molecule has 10 nitrogen and oxygen atoms in total. The second-order valence-electron chi connectivity index (χ2n) is 10.4. The highest BCUT2D eigenvalue weighted by Gasteiger charge is 2.32. The summed E-state index contributed by atoms with van der Waals surface area (Å²) in [5.41, 5.74) is 7.39. The summed E-state index contributed by atoms with van der Waals surface area (Å²) in [6, 6.07) is 11.6. The van der Waals surface area contributed by atoms with E-state index in [1.165, 1.54) is 30.3 Å². The van der Waals surface area contributed by atoms with E-state index in [-0.39, 0.29) is 29.7 Å². The molecule has 0 fully saturated rings. The first kappa shape index (κ1) is 29.4. The van der Waals surface area contributed by atoms with Crippen LogP contribution in [0.5, 0.6) is 5.88 Å². The van der Waals surface area contributed by atoms with Crippen LogP contribution in [0.2, 0.25) is 0 Å². The molecule has 4 aromatic heterocycles. The monoisotopic (exact) mass is 591 g/mol. The average Bonchev–Trinajstić information content (AvgIpc) is 3.32. The molecule has 3 N–H and O–H groups in total. The van der Waals surface area contributed by atoms with Crippen LogP contribution in [-0.2, 0) is 23.4 Å². The summed E-state index contributed by atoms with van der Waals surface area (Å²) in [5.74, 6) is -1.18. The molecule has 0 aliphatic heterocycles. The fourth-order valence-electron chi connectivity index (χ4n) is 4.67. The molecule has 13 heteroatoms. The molecule has 0 amide bonds. The Morgan fingerprint density at radius 1 is 1.02 bits per heavy atom. The van der Waals surface area contributed by atoms with Crippen LogP contribution in [0.1, 0.15) is 50.1 Å². The highest BCUT2D eigenvalue weighted by atomic mass is 19.3. The Kier molecular flexibility index (Phi) is 7.74. The fourth-order valence-corrected chi connectivity index (χ4v) is 4.67. The number of benzene rings is 1. The molecule has 222 valence electrons. The summed E-state index contributed by atoms with van der Waals surface area (Å²) in [6.45, 7) is 6.93. The number of nitrogens with two attached hydrogens (primary N) is 1. The molecule has 0 spiro atoms. The SMILES string of the molecule is CCn1c(COc2nc(N)nc(-c3ccc(F)cc3)c2-c2cc(C)nc(C(F)F)c2)nc2ccc(C(C)(C)C(=O)O)nc21. The topological polar surface area (TPSA) is 142 Å². The van der Waals surface area contributed by atoms with Crippen LogP contribution in [0, 0.1) is 12.7 Å². The molecule has 4 heterocycles. The van der Waals surface area contributed by atoms with Gasteiger partial charge in [-0.05, 0) is 81.8 Å². The molecule has 43 heavy (non-hydrogen) atoms. The van der Waals surface area contributed by atoms with E-state index in [1.54, 1.807) is 43.5 Å². The van der Waals surface area contributed by atoms with Gasteiger partial charge in [-0.2, -0.15) is 4.98 Å². The van der Waals surface area contributed by atoms with E-state index < -0.39 is 29.3 Å². The van der Waals surface area contributed by atoms with Crippen molar-refractivity contribution in [1.82, 2.24) is 29.5 Å². The van der Waals surface area contributed by atoms with Gasteiger partial charge in [-0.25, -0.2) is 28.1 Å². The van der Waals surface area contributed by atoms with Crippen LogP contribution in [0.3, 0.4) is 0 Å². The van der Waals surface area contributed by atoms with E-state index in [1.807, 2.05) is 6.92 Å². The Balaban J connectivity index is 1.63. The van der Waals surface area contributed by atoms with Gasteiger partial charge < -0.3 is 20.1 Å². The number of carboxylic acid groups (broad SMARTS) is 1. The summed E-state index contributed by atoms with van der Waals surface area (Å²) < 4.78 is 49.2. The first-order valence-electron chi connectivity index (χ1n) is 13.3. The van der Waals surface area contributed by atoms with Crippen molar-refractivity contribution in [3.63, 3.8) is 0 Å². The number of carboxylic acids is 1. The molecular formula is C30H28F3N7O3. The number of anilines is 1. The lowest BCUT2D eigenvalue weighted by Crippen LogP contribution is -2.29. The number of pyridine rings is 2. The van der Waals surface area contributed by atoms with Gasteiger partial charge in [0, 0.05) is 17.8 Å². The standard InChI is InChI=1S/C30H28F3N7O3/c1-5-40-22(36-19-10-11-21(37-26(19)40)30(3,4)28(41)42)14-43-27-23(17-12-15(2)35-20(13-17)25(32)33)24(38-29(34)39-27)16-6-8-18(31)9-7-16/h6-13,25H,5,14H2,1-4H3,(H,41,42)(H2,34,38,39). The number of aliphatic carboxylic acids is 1. The van der Waals surface area contributed by atoms with Crippen LogP contribution in [0.15, 0.2) is 48.5 Å². The largest absolute Gasteiger partial charge is 0.481 e. The molecular weight excluding hydrogens is 563 g/mol. The highest BCUT2D eigenvalue weighted by molar-refractivity contribution is 5.85. The van der Waals surface area contributed by atoms with Crippen LogP contribution >= 0.6 is 0 Å². The first-order chi connectivity index (χ1) is 20.4. The van der Waals surface area contributed by atoms with E-state index in [0.717, 1.165) is 0 Å². The van der Waals surface area contributed by atoms with Crippen molar-refractivity contribution in [2.45, 2.75) is 52.7 Å². The van der Waals surface area contributed by atoms with E-state index in [9.17, 15) is 23.1 Å². The number of nitrogen functional groups attached to an aromatic ring is 1. The molecule has 0 saturated carbocycles.